The largest absolute Gasteiger partial charge is 0.384 e. The minimum absolute atomic E-state index is 0.271. The van der Waals surface area contributed by atoms with E-state index in [0.29, 0.717) is 22.5 Å². The molecule has 0 bridgehead atoms. The Morgan fingerprint density at radius 2 is 2.20 bits per heavy atom. The molecule has 0 radical (unpaired) electrons. The number of nitrogen functional groups attached to an aromatic ring is 1. The lowest BCUT2D eigenvalue weighted by Crippen LogP contribution is -2.36. The van der Waals surface area contributed by atoms with Gasteiger partial charge in [-0.2, -0.15) is 5.10 Å². The number of amides is 1. The molecule has 0 spiro atoms. The minimum atomic E-state index is -1.82. The molecule has 104 valence electrons. The molecule has 2 aromatic rings. The summed E-state index contributed by atoms with van der Waals surface area (Å²) in [5.41, 5.74) is 6.05. The topological polar surface area (TPSA) is 93.2 Å². The fourth-order valence-corrected chi connectivity index (χ4v) is 2.99. The molecule has 6 nitrogen and oxygen atoms in total. The number of fused-ring (bicyclic) bond motifs is 1. The fourth-order valence-electron chi connectivity index (χ4n) is 2.63. The van der Waals surface area contributed by atoms with Gasteiger partial charge in [0.25, 0.3) is 5.91 Å². The summed E-state index contributed by atoms with van der Waals surface area (Å²) in [5.74, 6) is -0.249. The van der Waals surface area contributed by atoms with Crippen LogP contribution in [0.2, 0.25) is 0 Å². The van der Waals surface area contributed by atoms with Crippen molar-refractivity contribution < 1.29 is 9.90 Å². The molecular formula is C13H13BrN4O2. The Balaban J connectivity index is 2.32. The van der Waals surface area contributed by atoms with Crippen molar-refractivity contribution >= 4 is 33.3 Å². The zero-order chi connectivity index (χ0) is 14.7. The van der Waals surface area contributed by atoms with Crippen molar-refractivity contribution in [2.24, 2.45) is 7.05 Å². The van der Waals surface area contributed by atoms with E-state index in [4.69, 9.17) is 5.73 Å². The molecule has 0 unspecified atom stereocenters. The lowest BCUT2D eigenvalue weighted by molar-refractivity contribution is -0.129. The second kappa shape index (κ2) is 4.07. The van der Waals surface area contributed by atoms with Crippen LogP contribution in [-0.2, 0) is 17.4 Å². The number of aromatic nitrogens is 2. The Bertz CT molecular complexity index is 740. The smallest absolute Gasteiger partial charge is 0.266 e. The second-order valence-corrected chi connectivity index (χ2v) is 5.74. The average Bonchev–Trinajstić information content (AvgIpc) is 2.77. The van der Waals surface area contributed by atoms with Crippen LogP contribution in [0.1, 0.15) is 16.8 Å². The number of hydrogen-bond acceptors (Lipinski definition) is 4. The molecule has 0 aliphatic carbocycles. The number of aryl methyl sites for hydroxylation is 2. The third kappa shape index (κ3) is 1.53. The maximum Gasteiger partial charge on any atom is 0.266 e. The molecule has 1 aromatic heterocycles. The molecule has 1 aliphatic heterocycles. The highest BCUT2D eigenvalue weighted by Crippen LogP contribution is 2.44. The van der Waals surface area contributed by atoms with Crippen molar-refractivity contribution in [2.45, 2.75) is 12.5 Å². The van der Waals surface area contributed by atoms with E-state index in [-0.39, 0.29) is 5.82 Å². The summed E-state index contributed by atoms with van der Waals surface area (Å²) in [6.07, 6.45) is 0. The molecule has 1 aliphatic rings. The van der Waals surface area contributed by atoms with Crippen molar-refractivity contribution in [2.75, 3.05) is 11.1 Å². The first kappa shape index (κ1) is 13.1. The number of nitrogens with two attached hydrogens (primary N) is 1. The van der Waals surface area contributed by atoms with Gasteiger partial charge in [0.1, 0.15) is 5.82 Å². The van der Waals surface area contributed by atoms with Gasteiger partial charge >= 0.3 is 0 Å². The Labute approximate surface area is 123 Å². The van der Waals surface area contributed by atoms with Crippen molar-refractivity contribution in [3.8, 4) is 0 Å². The predicted octanol–water partition coefficient (Wildman–Crippen LogP) is 1.26. The number of hydrogen-bond donors (Lipinski definition) is 3. The summed E-state index contributed by atoms with van der Waals surface area (Å²) < 4.78 is 2.22. The van der Waals surface area contributed by atoms with Gasteiger partial charge in [-0.3, -0.25) is 9.48 Å². The number of carbonyl (C=O) groups excluding carboxylic acids is 1. The summed E-state index contributed by atoms with van der Waals surface area (Å²) >= 11 is 3.35. The number of carbonyl (C=O) groups is 1. The number of benzene rings is 1. The van der Waals surface area contributed by atoms with Crippen LogP contribution in [-0.4, -0.2) is 20.8 Å². The standard InChI is InChI=1S/C13H13BrN4O2/c1-6-10(11(15)18(2)17-6)13(20)8-5-7(14)3-4-9(8)16-12(13)19/h3-5,20H,15H2,1-2H3,(H,16,19)/t13-/m0/s1. The van der Waals surface area contributed by atoms with Crippen LogP contribution < -0.4 is 11.1 Å². The number of rotatable bonds is 1. The van der Waals surface area contributed by atoms with Gasteiger partial charge in [0.15, 0.2) is 0 Å². The highest BCUT2D eigenvalue weighted by atomic mass is 79.9. The molecule has 7 heteroatoms. The Kier molecular flexibility index (Phi) is 2.67. The Morgan fingerprint density at radius 1 is 1.50 bits per heavy atom. The fraction of sp³-hybridized carbons (Fsp3) is 0.231. The van der Waals surface area contributed by atoms with E-state index in [1.54, 1.807) is 32.2 Å². The van der Waals surface area contributed by atoms with Crippen LogP contribution in [0.4, 0.5) is 11.5 Å². The maximum atomic E-state index is 12.3. The van der Waals surface area contributed by atoms with Crippen molar-refractivity contribution in [3.63, 3.8) is 0 Å². The lowest BCUT2D eigenvalue weighted by Gasteiger charge is -2.21. The normalized spacial score (nSPS) is 20.9. The van der Waals surface area contributed by atoms with Crippen LogP contribution in [0.25, 0.3) is 0 Å². The predicted molar refractivity (Wildman–Crippen MR) is 78.1 cm³/mol. The lowest BCUT2D eigenvalue weighted by atomic mass is 9.87. The van der Waals surface area contributed by atoms with Gasteiger partial charge in [-0.15, -0.1) is 0 Å². The van der Waals surface area contributed by atoms with Crippen LogP contribution in [0.5, 0.6) is 0 Å². The molecule has 3 rings (SSSR count). The van der Waals surface area contributed by atoms with Crippen LogP contribution >= 0.6 is 15.9 Å². The average molecular weight is 337 g/mol. The number of nitrogens with zero attached hydrogens (tertiary/aromatic N) is 2. The zero-order valence-corrected chi connectivity index (χ0v) is 12.5. The number of nitrogens with one attached hydrogen (secondary N) is 1. The number of aliphatic hydroxyl groups is 1. The molecule has 1 amide bonds. The third-order valence-electron chi connectivity index (χ3n) is 3.58. The van der Waals surface area contributed by atoms with Gasteiger partial charge < -0.3 is 16.2 Å². The van der Waals surface area contributed by atoms with Gasteiger partial charge in [-0.25, -0.2) is 0 Å². The third-order valence-corrected chi connectivity index (χ3v) is 4.07. The molecular weight excluding hydrogens is 324 g/mol. The van der Waals surface area contributed by atoms with Crippen LogP contribution in [0.15, 0.2) is 22.7 Å². The molecule has 20 heavy (non-hydrogen) atoms. The zero-order valence-electron chi connectivity index (χ0n) is 10.9. The summed E-state index contributed by atoms with van der Waals surface area (Å²) in [5, 5.41) is 17.9. The van der Waals surface area contributed by atoms with Gasteiger partial charge in [0, 0.05) is 22.8 Å². The molecule has 4 N–H and O–H groups in total. The van der Waals surface area contributed by atoms with E-state index >= 15 is 0 Å². The first-order valence-corrected chi connectivity index (χ1v) is 6.78. The van der Waals surface area contributed by atoms with Crippen LogP contribution in [0.3, 0.4) is 0 Å². The van der Waals surface area contributed by atoms with Crippen molar-refractivity contribution in [3.05, 3.63) is 39.5 Å². The van der Waals surface area contributed by atoms with Gasteiger partial charge in [0.2, 0.25) is 5.60 Å². The minimum Gasteiger partial charge on any atom is -0.384 e. The van der Waals surface area contributed by atoms with Crippen molar-refractivity contribution in [1.29, 1.82) is 0 Å². The van der Waals surface area contributed by atoms with Gasteiger partial charge in [-0.1, -0.05) is 15.9 Å². The van der Waals surface area contributed by atoms with Crippen LogP contribution in [0, 0.1) is 6.92 Å². The van der Waals surface area contributed by atoms with E-state index in [1.165, 1.54) is 4.68 Å². The van der Waals surface area contributed by atoms with Gasteiger partial charge in [-0.05, 0) is 25.1 Å². The summed E-state index contributed by atoms with van der Waals surface area (Å²) in [6.45, 7) is 1.72. The van der Waals surface area contributed by atoms with E-state index in [0.717, 1.165) is 4.47 Å². The monoisotopic (exact) mass is 336 g/mol. The van der Waals surface area contributed by atoms with E-state index in [2.05, 4.69) is 26.3 Å². The Hall–Kier alpha value is -1.86. The first-order valence-electron chi connectivity index (χ1n) is 5.99. The molecule has 2 heterocycles. The van der Waals surface area contributed by atoms with E-state index in [1.807, 2.05) is 0 Å². The molecule has 0 fully saturated rings. The number of halogens is 1. The number of anilines is 2. The summed E-state index contributed by atoms with van der Waals surface area (Å²) in [6, 6.07) is 5.24. The molecule has 1 aromatic carbocycles. The maximum absolute atomic E-state index is 12.3. The first-order chi connectivity index (χ1) is 9.35. The summed E-state index contributed by atoms with van der Waals surface area (Å²) in [4.78, 5) is 12.3. The SMILES string of the molecule is Cc1nn(C)c(N)c1[C@]1(O)C(=O)Nc2ccc(Br)cc21. The molecule has 0 saturated heterocycles. The van der Waals surface area contributed by atoms with Crippen molar-refractivity contribution in [1.82, 2.24) is 9.78 Å². The highest BCUT2D eigenvalue weighted by Gasteiger charge is 2.50. The molecule has 0 saturated carbocycles. The highest BCUT2D eigenvalue weighted by molar-refractivity contribution is 9.10. The Morgan fingerprint density at radius 3 is 2.80 bits per heavy atom. The van der Waals surface area contributed by atoms with E-state index < -0.39 is 11.5 Å². The quantitative estimate of drug-likeness (QED) is 0.730. The molecule has 1 atom stereocenters. The van der Waals surface area contributed by atoms with E-state index in [9.17, 15) is 9.90 Å². The second-order valence-electron chi connectivity index (χ2n) is 4.82. The van der Waals surface area contributed by atoms with Gasteiger partial charge in [0.05, 0.1) is 11.3 Å². The summed E-state index contributed by atoms with van der Waals surface area (Å²) in [7, 11) is 1.67.